The van der Waals surface area contributed by atoms with Gasteiger partial charge >= 0.3 is 0 Å². The van der Waals surface area contributed by atoms with Crippen LogP contribution in [0, 0.1) is 12.7 Å². The van der Waals surface area contributed by atoms with Crippen LogP contribution in [0.25, 0.3) is 0 Å². The molecule has 0 bridgehead atoms. The van der Waals surface area contributed by atoms with Gasteiger partial charge in [0.1, 0.15) is 5.82 Å². The lowest BCUT2D eigenvalue weighted by atomic mass is 10.1. The average Bonchev–Trinajstić information content (AvgIpc) is 2.21. The molecular weight excluding hydrogens is 195 g/mol. The van der Waals surface area contributed by atoms with E-state index in [1.807, 2.05) is 6.92 Å². The second-order valence-electron chi connectivity index (χ2n) is 3.59. The summed E-state index contributed by atoms with van der Waals surface area (Å²) in [6, 6.07) is 4.28. The van der Waals surface area contributed by atoms with Crippen LogP contribution in [0.15, 0.2) is 18.2 Å². The maximum absolute atomic E-state index is 13.3. The van der Waals surface area contributed by atoms with Crippen LogP contribution in [0.5, 0.6) is 0 Å². The molecule has 0 radical (unpaired) electrons. The van der Waals surface area contributed by atoms with Gasteiger partial charge in [-0.05, 0) is 26.0 Å². The molecule has 0 aliphatic rings. The van der Waals surface area contributed by atoms with Gasteiger partial charge < -0.3 is 11.1 Å². The molecular formula is C11H15FN2O. The lowest BCUT2D eigenvalue weighted by molar-refractivity contribution is 0.0937. The van der Waals surface area contributed by atoms with E-state index in [0.717, 1.165) is 5.56 Å². The Bertz CT molecular complexity index is 366. The number of nitrogens with one attached hydrogen (secondary N) is 1. The summed E-state index contributed by atoms with van der Waals surface area (Å²) in [5, 5.41) is 2.61. The molecule has 1 aromatic rings. The van der Waals surface area contributed by atoms with Crippen molar-refractivity contribution >= 4 is 5.91 Å². The summed E-state index contributed by atoms with van der Waals surface area (Å²) < 4.78 is 13.3. The first-order chi connectivity index (χ1) is 7.04. The van der Waals surface area contributed by atoms with Crippen molar-refractivity contribution in [2.24, 2.45) is 5.73 Å². The van der Waals surface area contributed by atoms with Gasteiger partial charge in [-0.2, -0.15) is 0 Å². The largest absolute Gasteiger partial charge is 0.348 e. The minimum absolute atomic E-state index is 0.0651. The molecule has 1 amide bonds. The predicted molar refractivity (Wildman–Crippen MR) is 57.1 cm³/mol. The molecule has 3 nitrogen and oxygen atoms in total. The number of carbonyl (C=O) groups is 1. The third-order valence-corrected chi connectivity index (χ3v) is 2.10. The molecule has 1 rings (SSSR count). The van der Waals surface area contributed by atoms with Crippen molar-refractivity contribution in [3.05, 3.63) is 35.1 Å². The molecule has 0 aromatic heterocycles. The maximum Gasteiger partial charge on any atom is 0.254 e. The van der Waals surface area contributed by atoms with E-state index in [1.165, 1.54) is 12.1 Å². The molecule has 0 aliphatic carbocycles. The second kappa shape index (κ2) is 4.89. The molecule has 82 valence electrons. The van der Waals surface area contributed by atoms with Crippen molar-refractivity contribution in [2.45, 2.75) is 19.9 Å². The number of benzene rings is 1. The molecule has 0 saturated heterocycles. The third kappa shape index (κ3) is 3.02. The fourth-order valence-corrected chi connectivity index (χ4v) is 1.17. The maximum atomic E-state index is 13.3. The minimum atomic E-state index is -0.512. The second-order valence-corrected chi connectivity index (χ2v) is 3.59. The Hall–Kier alpha value is -1.42. The predicted octanol–water partition coefficient (Wildman–Crippen LogP) is 1.21. The quantitative estimate of drug-likeness (QED) is 0.788. The fraction of sp³-hybridized carbons (Fsp3) is 0.364. The van der Waals surface area contributed by atoms with E-state index >= 15 is 0 Å². The number of carbonyl (C=O) groups excluding carboxylic acids is 1. The van der Waals surface area contributed by atoms with Crippen LogP contribution < -0.4 is 11.1 Å². The molecule has 15 heavy (non-hydrogen) atoms. The number of hydrogen-bond acceptors (Lipinski definition) is 2. The van der Waals surface area contributed by atoms with Crippen molar-refractivity contribution in [3.63, 3.8) is 0 Å². The zero-order valence-electron chi connectivity index (χ0n) is 8.88. The van der Waals surface area contributed by atoms with Crippen molar-refractivity contribution in [2.75, 3.05) is 6.54 Å². The lowest BCUT2D eigenvalue weighted by Gasteiger charge is -2.11. The highest BCUT2D eigenvalue weighted by Crippen LogP contribution is 2.09. The Balaban J connectivity index is 2.86. The highest BCUT2D eigenvalue weighted by molar-refractivity contribution is 5.94. The molecule has 0 unspecified atom stereocenters. The molecule has 1 atom stereocenters. The zero-order valence-corrected chi connectivity index (χ0v) is 8.88. The molecule has 0 fully saturated rings. The Kier molecular flexibility index (Phi) is 3.80. The molecule has 0 saturated carbocycles. The monoisotopic (exact) mass is 210 g/mol. The average molecular weight is 210 g/mol. The van der Waals surface area contributed by atoms with Crippen molar-refractivity contribution in [3.8, 4) is 0 Å². The van der Waals surface area contributed by atoms with Crippen LogP contribution in [0.2, 0.25) is 0 Å². The van der Waals surface area contributed by atoms with E-state index in [9.17, 15) is 9.18 Å². The van der Waals surface area contributed by atoms with Gasteiger partial charge in [-0.1, -0.05) is 11.6 Å². The highest BCUT2D eigenvalue weighted by Gasteiger charge is 2.13. The Morgan fingerprint density at radius 3 is 2.87 bits per heavy atom. The van der Waals surface area contributed by atoms with Gasteiger partial charge in [0, 0.05) is 12.6 Å². The topological polar surface area (TPSA) is 55.1 Å². The van der Waals surface area contributed by atoms with Gasteiger partial charge in [-0.3, -0.25) is 4.79 Å². The Morgan fingerprint density at radius 1 is 1.60 bits per heavy atom. The number of hydrogen-bond donors (Lipinski definition) is 2. The standard InChI is InChI=1S/C11H15FN2O/c1-7-3-4-10(12)9(5-7)11(15)14-8(2)6-13/h3-5,8H,6,13H2,1-2H3,(H,14,15)/t8-/m0/s1. The molecule has 4 heteroatoms. The number of halogens is 1. The first kappa shape index (κ1) is 11.7. The highest BCUT2D eigenvalue weighted by atomic mass is 19.1. The summed E-state index contributed by atoms with van der Waals surface area (Å²) in [4.78, 5) is 11.6. The summed E-state index contributed by atoms with van der Waals surface area (Å²) in [5.41, 5.74) is 6.27. The first-order valence-corrected chi connectivity index (χ1v) is 4.81. The Labute approximate surface area is 88.5 Å². The number of amides is 1. The molecule has 0 heterocycles. The van der Waals surface area contributed by atoms with Crippen LogP contribution in [0.4, 0.5) is 4.39 Å². The number of rotatable bonds is 3. The molecule has 3 N–H and O–H groups in total. The summed E-state index contributed by atoms with van der Waals surface area (Å²) in [5.74, 6) is -0.934. The Morgan fingerprint density at radius 2 is 2.27 bits per heavy atom. The van der Waals surface area contributed by atoms with Crippen LogP contribution in [0.3, 0.4) is 0 Å². The van der Waals surface area contributed by atoms with Gasteiger partial charge in [0.2, 0.25) is 0 Å². The SMILES string of the molecule is Cc1ccc(F)c(C(=O)N[C@@H](C)CN)c1. The van der Waals surface area contributed by atoms with Crippen LogP contribution in [-0.2, 0) is 0 Å². The third-order valence-electron chi connectivity index (χ3n) is 2.10. The summed E-state index contributed by atoms with van der Waals surface area (Å²) >= 11 is 0. The van der Waals surface area contributed by atoms with E-state index in [1.54, 1.807) is 13.0 Å². The molecule has 0 aliphatic heterocycles. The van der Waals surface area contributed by atoms with Crippen molar-refractivity contribution in [1.82, 2.24) is 5.32 Å². The van der Waals surface area contributed by atoms with Gasteiger partial charge in [0.25, 0.3) is 5.91 Å². The minimum Gasteiger partial charge on any atom is -0.348 e. The molecule has 0 spiro atoms. The van der Waals surface area contributed by atoms with Crippen molar-refractivity contribution in [1.29, 1.82) is 0 Å². The lowest BCUT2D eigenvalue weighted by Crippen LogP contribution is -2.38. The van der Waals surface area contributed by atoms with Gasteiger partial charge in [0.15, 0.2) is 0 Å². The van der Waals surface area contributed by atoms with Gasteiger partial charge in [0.05, 0.1) is 5.56 Å². The van der Waals surface area contributed by atoms with Crippen LogP contribution in [0.1, 0.15) is 22.8 Å². The smallest absolute Gasteiger partial charge is 0.254 e. The van der Waals surface area contributed by atoms with E-state index < -0.39 is 11.7 Å². The summed E-state index contributed by atoms with van der Waals surface area (Å²) in [7, 11) is 0. The summed E-state index contributed by atoms with van der Waals surface area (Å²) in [6.07, 6.45) is 0. The van der Waals surface area contributed by atoms with Crippen LogP contribution >= 0.6 is 0 Å². The normalized spacial score (nSPS) is 12.3. The van der Waals surface area contributed by atoms with E-state index in [-0.39, 0.29) is 11.6 Å². The van der Waals surface area contributed by atoms with E-state index in [4.69, 9.17) is 5.73 Å². The molecule has 1 aromatic carbocycles. The van der Waals surface area contributed by atoms with E-state index in [2.05, 4.69) is 5.32 Å². The zero-order chi connectivity index (χ0) is 11.4. The number of nitrogens with two attached hydrogens (primary N) is 1. The van der Waals surface area contributed by atoms with Gasteiger partial charge in [-0.25, -0.2) is 4.39 Å². The summed E-state index contributed by atoms with van der Waals surface area (Å²) in [6.45, 7) is 3.91. The van der Waals surface area contributed by atoms with E-state index in [0.29, 0.717) is 6.54 Å². The first-order valence-electron chi connectivity index (χ1n) is 4.81. The fourth-order valence-electron chi connectivity index (χ4n) is 1.17. The van der Waals surface area contributed by atoms with Crippen molar-refractivity contribution < 1.29 is 9.18 Å². The van der Waals surface area contributed by atoms with Crippen LogP contribution in [-0.4, -0.2) is 18.5 Å². The number of aryl methyl sites for hydroxylation is 1. The van der Waals surface area contributed by atoms with Gasteiger partial charge in [-0.15, -0.1) is 0 Å².